The lowest BCUT2D eigenvalue weighted by atomic mass is 10.1. The highest BCUT2D eigenvalue weighted by Gasteiger charge is 2.17. The molecule has 0 saturated carbocycles. The minimum absolute atomic E-state index is 0.261. The van der Waals surface area contributed by atoms with Crippen LogP contribution in [0.1, 0.15) is 5.69 Å². The molecular formula is C17H11Cl2FN2O2. The lowest BCUT2D eigenvalue weighted by Gasteiger charge is -2.04. The Hall–Kier alpha value is -2.37. The van der Waals surface area contributed by atoms with Gasteiger partial charge in [-0.3, -0.25) is 4.79 Å². The van der Waals surface area contributed by atoms with Crippen LogP contribution in [0.3, 0.4) is 0 Å². The van der Waals surface area contributed by atoms with Crippen molar-refractivity contribution in [3.63, 3.8) is 0 Å². The summed E-state index contributed by atoms with van der Waals surface area (Å²) in [6, 6.07) is 10.7. The maximum Gasteiger partial charge on any atom is 0.309 e. The smallest absolute Gasteiger partial charge is 0.309 e. The van der Waals surface area contributed by atoms with Crippen LogP contribution in [-0.4, -0.2) is 20.9 Å². The molecule has 7 heteroatoms. The molecule has 0 atom stereocenters. The molecule has 0 aliphatic heterocycles. The molecule has 0 fully saturated rings. The van der Waals surface area contributed by atoms with E-state index in [9.17, 15) is 9.18 Å². The van der Waals surface area contributed by atoms with E-state index in [4.69, 9.17) is 28.3 Å². The minimum Gasteiger partial charge on any atom is -0.481 e. The highest BCUT2D eigenvalue weighted by molar-refractivity contribution is 6.36. The largest absolute Gasteiger partial charge is 0.481 e. The number of rotatable bonds is 4. The van der Waals surface area contributed by atoms with Gasteiger partial charge in [-0.25, -0.2) is 9.07 Å². The molecular weight excluding hydrogens is 354 g/mol. The number of hydrogen-bond donors (Lipinski definition) is 1. The summed E-state index contributed by atoms with van der Waals surface area (Å²) < 4.78 is 14.6. The van der Waals surface area contributed by atoms with Gasteiger partial charge in [-0.05, 0) is 36.4 Å². The Labute approximate surface area is 147 Å². The fourth-order valence-corrected chi connectivity index (χ4v) is 2.85. The first-order valence-corrected chi connectivity index (χ1v) is 7.71. The van der Waals surface area contributed by atoms with E-state index in [1.165, 1.54) is 16.8 Å². The van der Waals surface area contributed by atoms with Crippen molar-refractivity contribution in [1.29, 1.82) is 0 Å². The molecule has 0 radical (unpaired) electrons. The van der Waals surface area contributed by atoms with Crippen molar-refractivity contribution < 1.29 is 14.3 Å². The van der Waals surface area contributed by atoms with E-state index >= 15 is 0 Å². The van der Waals surface area contributed by atoms with Crippen molar-refractivity contribution in [2.24, 2.45) is 0 Å². The van der Waals surface area contributed by atoms with E-state index < -0.39 is 5.97 Å². The zero-order valence-electron chi connectivity index (χ0n) is 12.2. The standard InChI is InChI=1S/C17H11Cl2FN2O2/c18-10-1-6-13(15(19)7-10)14-9-22(21-16(14)8-17(23)24)12-4-2-11(20)3-5-12/h1-7,9H,8H2,(H,23,24). The zero-order valence-corrected chi connectivity index (χ0v) is 13.7. The summed E-state index contributed by atoms with van der Waals surface area (Å²) in [6.07, 6.45) is 1.41. The predicted octanol–water partition coefficient (Wildman–Crippen LogP) is 4.61. The molecule has 2 aromatic carbocycles. The lowest BCUT2D eigenvalue weighted by Crippen LogP contribution is -2.03. The van der Waals surface area contributed by atoms with Crippen molar-refractivity contribution in [2.45, 2.75) is 6.42 Å². The van der Waals surface area contributed by atoms with Gasteiger partial charge >= 0.3 is 5.97 Å². The summed E-state index contributed by atoms with van der Waals surface area (Å²) in [7, 11) is 0. The number of halogens is 3. The van der Waals surface area contributed by atoms with Crippen LogP contribution in [0.2, 0.25) is 10.0 Å². The summed E-state index contributed by atoms with van der Waals surface area (Å²) in [6.45, 7) is 0. The third kappa shape index (κ3) is 3.42. The number of carbonyl (C=O) groups is 1. The van der Waals surface area contributed by atoms with Gasteiger partial charge in [0.1, 0.15) is 5.82 Å². The number of hydrogen-bond acceptors (Lipinski definition) is 2. The lowest BCUT2D eigenvalue weighted by molar-refractivity contribution is -0.136. The summed E-state index contributed by atoms with van der Waals surface area (Å²) >= 11 is 12.1. The molecule has 122 valence electrons. The molecule has 1 aromatic heterocycles. The normalized spacial score (nSPS) is 10.8. The third-order valence-corrected chi connectivity index (χ3v) is 3.97. The zero-order chi connectivity index (χ0) is 17.3. The van der Waals surface area contributed by atoms with E-state index in [2.05, 4.69) is 5.10 Å². The average Bonchev–Trinajstić information content (AvgIpc) is 2.91. The van der Waals surface area contributed by atoms with Gasteiger partial charge in [0.05, 0.1) is 17.8 Å². The van der Waals surface area contributed by atoms with Crippen molar-refractivity contribution in [1.82, 2.24) is 9.78 Å². The van der Waals surface area contributed by atoms with Crippen molar-refractivity contribution in [3.05, 3.63) is 70.2 Å². The summed E-state index contributed by atoms with van der Waals surface area (Å²) in [5.74, 6) is -1.37. The van der Waals surface area contributed by atoms with E-state index in [1.807, 2.05) is 0 Å². The van der Waals surface area contributed by atoms with Gasteiger partial charge in [0.25, 0.3) is 0 Å². The molecule has 3 aromatic rings. The summed E-state index contributed by atoms with van der Waals surface area (Å²) in [4.78, 5) is 11.1. The molecule has 4 nitrogen and oxygen atoms in total. The molecule has 24 heavy (non-hydrogen) atoms. The van der Waals surface area contributed by atoms with Gasteiger partial charge < -0.3 is 5.11 Å². The highest BCUT2D eigenvalue weighted by atomic mass is 35.5. The number of carboxylic acids is 1. The Kier molecular flexibility index (Phi) is 4.55. The van der Waals surface area contributed by atoms with Crippen LogP contribution >= 0.6 is 23.2 Å². The Morgan fingerprint density at radius 3 is 2.46 bits per heavy atom. The molecule has 1 N–H and O–H groups in total. The summed E-state index contributed by atoms with van der Waals surface area (Å²) in [5, 5.41) is 14.3. The SMILES string of the molecule is O=C(O)Cc1nn(-c2ccc(F)cc2)cc1-c1ccc(Cl)cc1Cl. The maximum absolute atomic E-state index is 13.1. The van der Waals surface area contributed by atoms with E-state index in [0.29, 0.717) is 32.6 Å². The molecule has 0 aliphatic carbocycles. The summed E-state index contributed by atoms with van der Waals surface area (Å²) in [5.41, 5.74) is 2.18. The molecule has 0 amide bonds. The number of aliphatic carboxylic acids is 1. The van der Waals surface area contributed by atoms with Gasteiger partial charge in [0.15, 0.2) is 0 Å². The predicted molar refractivity (Wildman–Crippen MR) is 90.3 cm³/mol. The number of benzene rings is 2. The Morgan fingerprint density at radius 2 is 1.83 bits per heavy atom. The first-order valence-electron chi connectivity index (χ1n) is 6.96. The monoisotopic (exact) mass is 364 g/mol. The molecule has 3 rings (SSSR count). The van der Waals surface area contributed by atoms with Crippen molar-refractivity contribution >= 4 is 29.2 Å². The molecule has 0 saturated heterocycles. The van der Waals surface area contributed by atoms with Crippen LogP contribution in [0, 0.1) is 5.82 Å². The van der Waals surface area contributed by atoms with Gasteiger partial charge in [-0.15, -0.1) is 0 Å². The van der Waals surface area contributed by atoms with Crippen LogP contribution in [0.4, 0.5) is 4.39 Å². The van der Waals surface area contributed by atoms with E-state index in [0.717, 1.165) is 0 Å². The Bertz CT molecular complexity index is 907. The first-order chi connectivity index (χ1) is 11.4. The van der Waals surface area contributed by atoms with Crippen molar-refractivity contribution in [3.8, 4) is 16.8 Å². The van der Waals surface area contributed by atoms with Crippen LogP contribution in [0.5, 0.6) is 0 Å². The number of carboxylic acid groups (broad SMARTS) is 1. The molecule has 0 spiro atoms. The molecule has 0 unspecified atom stereocenters. The number of nitrogens with zero attached hydrogens (tertiary/aromatic N) is 2. The van der Waals surface area contributed by atoms with Crippen LogP contribution in [-0.2, 0) is 11.2 Å². The van der Waals surface area contributed by atoms with Gasteiger partial charge in [-0.2, -0.15) is 5.10 Å². The van der Waals surface area contributed by atoms with Crippen LogP contribution in [0.25, 0.3) is 16.8 Å². The van der Waals surface area contributed by atoms with Crippen LogP contribution in [0.15, 0.2) is 48.7 Å². The topological polar surface area (TPSA) is 55.1 Å². The maximum atomic E-state index is 13.1. The fraction of sp³-hybridized carbons (Fsp3) is 0.0588. The van der Waals surface area contributed by atoms with E-state index in [1.54, 1.807) is 36.5 Å². The second kappa shape index (κ2) is 6.63. The fourth-order valence-electron chi connectivity index (χ4n) is 2.34. The average molecular weight is 365 g/mol. The quantitative estimate of drug-likeness (QED) is 0.735. The van der Waals surface area contributed by atoms with Gasteiger partial charge in [-0.1, -0.05) is 29.3 Å². The van der Waals surface area contributed by atoms with Gasteiger partial charge in [0.2, 0.25) is 0 Å². The highest BCUT2D eigenvalue weighted by Crippen LogP contribution is 2.33. The van der Waals surface area contributed by atoms with Gasteiger partial charge in [0, 0.05) is 27.4 Å². The van der Waals surface area contributed by atoms with E-state index in [-0.39, 0.29) is 12.2 Å². The Morgan fingerprint density at radius 1 is 1.12 bits per heavy atom. The molecule has 1 heterocycles. The van der Waals surface area contributed by atoms with Crippen molar-refractivity contribution in [2.75, 3.05) is 0 Å². The molecule has 0 aliphatic rings. The third-order valence-electron chi connectivity index (χ3n) is 3.42. The van der Waals surface area contributed by atoms with Crippen LogP contribution < -0.4 is 0 Å². The first kappa shape index (κ1) is 16.5. The second-order valence-electron chi connectivity index (χ2n) is 5.11. The number of aromatic nitrogens is 2. The molecule has 0 bridgehead atoms. The Balaban J connectivity index is 2.13. The minimum atomic E-state index is -1.01. The second-order valence-corrected chi connectivity index (χ2v) is 5.95.